The molecule has 13 heavy (non-hydrogen) atoms. The van der Waals surface area contributed by atoms with Crippen LogP contribution < -0.4 is 5.73 Å². The van der Waals surface area contributed by atoms with Crippen molar-refractivity contribution in [1.29, 1.82) is 0 Å². The maximum absolute atomic E-state index is 5.85. The molecule has 0 spiro atoms. The number of nitrogens with one attached hydrogen (secondary N) is 1. The van der Waals surface area contributed by atoms with Crippen LogP contribution in [0.1, 0.15) is 24.1 Å². The molecule has 1 unspecified atom stereocenters. The first kappa shape index (κ1) is 8.32. The lowest BCUT2D eigenvalue weighted by molar-refractivity contribution is 0.826. The summed E-state index contributed by atoms with van der Waals surface area (Å²) >= 11 is 0. The van der Waals surface area contributed by atoms with Gasteiger partial charge >= 0.3 is 0 Å². The molecule has 3 N–H and O–H groups in total. The van der Waals surface area contributed by atoms with Gasteiger partial charge in [0.05, 0.1) is 0 Å². The minimum absolute atomic E-state index is 0.0931. The number of H-pyrrole nitrogens is 1. The van der Waals surface area contributed by atoms with Gasteiger partial charge in [0.15, 0.2) is 0 Å². The number of rotatable bonds is 1. The summed E-state index contributed by atoms with van der Waals surface area (Å²) in [6.45, 7) is 4.10. The van der Waals surface area contributed by atoms with Crippen LogP contribution in [0.5, 0.6) is 0 Å². The molecule has 0 radical (unpaired) electrons. The van der Waals surface area contributed by atoms with Crippen molar-refractivity contribution in [1.82, 2.24) is 4.98 Å². The second-order valence-corrected chi connectivity index (χ2v) is 3.58. The Bertz CT molecular complexity index is 427. The SMILES string of the molecule is Cc1ccc2[nH]cc(C(C)N)c2c1. The summed E-state index contributed by atoms with van der Waals surface area (Å²) < 4.78 is 0. The van der Waals surface area contributed by atoms with E-state index < -0.39 is 0 Å². The van der Waals surface area contributed by atoms with Crippen LogP contribution in [-0.4, -0.2) is 4.98 Å². The Morgan fingerprint density at radius 3 is 2.85 bits per heavy atom. The van der Waals surface area contributed by atoms with Crippen LogP contribution in [0, 0.1) is 6.92 Å². The molecule has 0 saturated heterocycles. The van der Waals surface area contributed by atoms with E-state index in [0.29, 0.717) is 0 Å². The normalized spacial score (nSPS) is 13.5. The molecule has 1 atom stereocenters. The summed E-state index contributed by atoms with van der Waals surface area (Å²) in [5.74, 6) is 0. The molecule has 0 amide bonds. The molecule has 2 nitrogen and oxygen atoms in total. The highest BCUT2D eigenvalue weighted by molar-refractivity contribution is 5.84. The van der Waals surface area contributed by atoms with Crippen LogP contribution >= 0.6 is 0 Å². The van der Waals surface area contributed by atoms with E-state index in [1.165, 1.54) is 16.5 Å². The lowest BCUT2D eigenvalue weighted by Gasteiger charge is -2.02. The van der Waals surface area contributed by atoms with Gasteiger partial charge in [-0.2, -0.15) is 0 Å². The molecule has 68 valence electrons. The highest BCUT2D eigenvalue weighted by atomic mass is 14.7. The summed E-state index contributed by atoms with van der Waals surface area (Å²) in [7, 11) is 0. The summed E-state index contributed by atoms with van der Waals surface area (Å²) in [4.78, 5) is 3.22. The smallest absolute Gasteiger partial charge is 0.0457 e. The number of aromatic nitrogens is 1. The van der Waals surface area contributed by atoms with Gasteiger partial charge in [0.2, 0.25) is 0 Å². The van der Waals surface area contributed by atoms with Crippen molar-refractivity contribution < 1.29 is 0 Å². The van der Waals surface area contributed by atoms with E-state index >= 15 is 0 Å². The Kier molecular flexibility index (Phi) is 1.85. The molecule has 0 fully saturated rings. The van der Waals surface area contributed by atoms with Crippen molar-refractivity contribution in [3.63, 3.8) is 0 Å². The molecule has 2 aromatic rings. The number of hydrogen-bond acceptors (Lipinski definition) is 1. The highest BCUT2D eigenvalue weighted by Crippen LogP contribution is 2.23. The third-order valence-electron chi connectivity index (χ3n) is 2.36. The van der Waals surface area contributed by atoms with Gasteiger partial charge in [0.25, 0.3) is 0 Å². The highest BCUT2D eigenvalue weighted by Gasteiger charge is 2.06. The van der Waals surface area contributed by atoms with Crippen molar-refractivity contribution in [2.24, 2.45) is 5.73 Å². The van der Waals surface area contributed by atoms with Crippen LogP contribution in [0.2, 0.25) is 0 Å². The topological polar surface area (TPSA) is 41.8 Å². The molecule has 1 aromatic carbocycles. The number of hydrogen-bond donors (Lipinski definition) is 2. The molecule has 0 aliphatic rings. The van der Waals surface area contributed by atoms with Gasteiger partial charge in [0.1, 0.15) is 0 Å². The fourth-order valence-corrected chi connectivity index (χ4v) is 1.63. The van der Waals surface area contributed by atoms with Gasteiger partial charge < -0.3 is 10.7 Å². The maximum atomic E-state index is 5.85. The van der Waals surface area contributed by atoms with Gasteiger partial charge in [-0.3, -0.25) is 0 Å². The predicted octanol–water partition coefficient (Wildman–Crippen LogP) is 2.50. The molecule has 0 bridgehead atoms. The first-order valence-electron chi connectivity index (χ1n) is 4.51. The summed E-state index contributed by atoms with van der Waals surface area (Å²) in [5, 5.41) is 1.25. The number of aromatic amines is 1. The van der Waals surface area contributed by atoms with E-state index in [2.05, 4.69) is 30.1 Å². The van der Waals surface area contributed by atoms with Gasteiger partial charge in [-0.25, -0.2) is 0 Å². The number of aryl methyl sites for hydroxylation is 1. The van der Waals surface area contributed by atoms with Crippen LogP contribution in [0.25, 0.3) is 10.9 Å². The Morgan fingerprint density at radius 2 is 2.15 bits per heavy atom. The molecule has 0 aliphatic carbocycles. The van der Waals surface area contributed by atoms with Gasteiger partial charge in [-0.05, 0) is 31.5 Å². The number of fused-ring (bicyclic) bond motifs is 1. The van der Waals surface area contributed by atoms with E-state index in [1.807, 2.05) is 13.1 Å². The third-order valence-corrected chi connectivity index (χ3v) is 2.36. The van der Waals surface area contributed by atoms with Crippen molar-refractivity contribution in [2.75, 3.05) is 0 Å². The standard InChI is InChI=1S/C11H14N2/c1-7-3-4-11-9(5-7)10(6-13-11)8(2)12/h3-6,8,13H,12H2,1-2H3. The van der Waals surface area contributed by atoms with Crippen LogP contribution in [0.15, 0.2) is 24.4 Å². The largest absolute Gasteiger partial charge is 0.361 e. The summed E-state index contributed by atoms with van der Waals surface area (Å²) in [5.41, 5.74) is 9.48. The third kappa shape index (κ3) is 1.33. The number of benzene rings is 1. The lowest BCUT2D eigenvalue weighted by Crippen LogP contribution is -2.03. The summed E-state index contributed by atoms with van der Waals surface area (Å²) in [6, 6.07) is 6.46. The van der Waals surface area contributed by atoms with E-state index in [4.69, 9.17) is 5.73 Å². The van der Waals surface area contributed by atoms with E-state index in [1.54, 1.807) is 0 Å². The zero-order chi connectivity index (χ0) is 9.42. The Morgan fingerprint density at radius 1 is 1.38 bits per heavy atom. The zero-order valence-electron chi connectivity index (χ0n) is 7.96. The molecule has 1 heterocycles. The van der Waals surface area contributed by atoms with Crippen molar-refractivity contribution in [2.45, 2.75) is 19.9 Å². The lowest BCUT2D eigenvalue weighted by atomic mass is 10.1. The molecule has 1 aromatic heterocycles. The zero-order valence-corrected chi connectivity index (χ0v) is 7.96. The van der Waals surface area contributed by atoms with Crippen LogP contribution in [0.4, 0.5) is 0 Å². The molecule has 2 rings (SSSR count). The van der Waals surface area contributed by atoms with Gasteiger partial charge in [-0.1, -0.05) is 11.6 Å². The second-order valence-electron chi connectivity index (χ2n) is 3.58. The first-order valence-corrected chi connectivity index (χ1v) is 4.51. The Hall–Kier alpha value is -1.28. The van der Waals surface area contributed by atoms with Crippen LogP contribution in [-0.2, 0) is 0 Å². The second kappa shape index (κ2) is 2.89. The average Bonchev–Trinajstić information content (AvgIpc) is 2.46. The van der Waals surface area contributed by atoms with E-state index in [9.17, 15) is 0 Å². The van der Waals surface area contributed by atoms with Crippen molar-refractivity contribution in [3.8, 4) is 0 Å². The summed E-state index contributed by atoms with van der Waals surface area (Å²) in [6.07, 6.45) is 1.99. The molecule has 0 saturated carbocycles. The van der Waals surface area contributed by atoms with Crippen molar-refractivity contribution >= 4 is 10.9 Å². The Labute approximate surface area is 77.8 Å². The van der Waals surface area contributed by atoms with Crippen LogP contribution in [0.3, 0.4) is 0 Å². The maximum Gasteiger partial charge on any atom is 0.0457 e. The first-order chi connectivity index (χ1) is 6.18. The van der Waals surface area contributed by atoms with Gasteiger partial charge in [0, 0.05) is 23.1 Å². The molecular weight excluding hydrogens is 160 g/mol. The Balaban J connectivity index is 2.71. The minimum atomic E-state index is 0.0931. The fraction of sp³-hybridized carbons (Fsp3) is 0.273. The fourth-order valence-electron chi connectivity index (χ4n) is 1.63. The van der Waals surface area contributed by atoms with E-state index in [-0.39, 0.29) is 6.04 Å². The van der Waals surface area contributed by atoms with Gasteiger partial charge in [-0.15, -0.1) is 0 Å². The predicted molar refractivity (Wildman–Crippen MR) is 55.6 cm³/mol. The monoisotopic (exact) mass is 174 g/mol. The molecule has 0 aliphatic heterocycles. The van der Waals surface area contributed by atoms with E-state index in [0.717, 1.165) is 5.52 Å². The number of nitrogens with two attached hydrogens (primary N) is 1. The average molecular weight is 174 g/mol. The molecular formula is C11H14N2. The van der Waals surface area contributed by atoms with Crippen molar-refractivity contribution in [3.05, 3.63) is 35.5 Å². The molecule has 2 heteroatoms. The minimum Gasteiger partial charge on any atom is -0.361 e. The quantitative estimate of drug-likeness (QED) is 0.685.